The van der Waals surface area contributed by atoms with Gasteiger partial charge in [0.2, 0.25) is 5.91 Å². The molecule has 7 heteroatoms. The van der Waals surface area contributed by atoms with Gasteiger partial charge in [0.15, 0.2) is 0 Å². The van der Waals surface area contributed by atoms with Gasteiger partial charge in [-0.1, -0.05) is 12.1 Å². The summed E-state index contributed by atoms with van der Waals surface area (Å²) in [5.74, 6) is -1.47. The molecule has 7 nitrogen and oxygen atoms in total. The topological polar surface area (TPSA) is 108 Å². The zero-order chi connectivity index (χ0) is 16.5. The Morgan fingerprint density at radius 2 is 2.00 bits per heavy atom. The lowest BCUT2D eigenvalue weighted by Gasteiger charge is -2.16. The van der Waals surface area contributed by atoms with E-state index in [1.165, 1.54) is 20.1 Å². The number of nitrogens with zero attached hydrogens (tertiary/aromatic N) is 1. The molecule has 116 valence electrons. The van der Waals surface area contributed by atoms with Crippen molar-refractivity contribution in [1.82, 2.24) is 5.32 Å². The Balaban J connectivity index is 2.92. The molecule has 0 aliphatic heterocycles. The number of nitriles is 1. The number of rotatable bonds is 6. The summed E-state index contributed by atoms with van der Waals surface area (Å²) in [6.07, 6.45) is 0.255. The van der Waals surface area contributed by atoms with Gasteiger partial charge >= 0.3 is 5.97 Å². The van der Waals surface area contributed by atoms with E-state index >= 15 is 0 Å². The minimum Gasteiger partial charge on any atom is -0.467 e. The first-order valence-corrected chi connectivity index (χ1v) is 6.61. The molecule has 0 radical (unpaired) electrons. The summed E-state index contributed by atoms with van der Waals surface area (Å²) in [6.45, 7) is 1.33. The lowest BCUT2D eigenvalue weighted by molar-refractivity contribution is -0.143. The third-order valence-electron chi connectivity index (χ3n) is 2.82. The van der Waals surface area contributed by atoms with Crippen molar-refractivity contribution in [3.8, 4) is 6.07 Å². The van der Waals surface area contributed by atoms with E-state index in [4.69, 9.17) is 5.26 Å². The molecule has 0 spiro atoms. The first kappa shape index (κ1) is 17.2. The van der Waals surface area contributed by atoms with Crippen molar-refractivity contribution in [3.05, 3.63) is 29.8 Å². The van der Waals surface area contributed by atoms with Crippen molar-refractivity contribution in [2.45, 2.75) is 25.8 Å². The van der Waals surface area contributed by atoms with Crippen molar-refractivity contribution in [3.63, 3.8) is 0 Å². The van der Waals surface area contributed by atoms with Crippen LogP contribution in [0, 0.1) is 11.3 Å². The molecule has 0 saturated heterocycles. The van der Waals surface area contributed by atoms with Gasteiger partial charge in [-0.3, -0.25) is 9.59 Å². The molecule has 0 fully saturated rings. The van der Waals surface area contributed by atoms with E-state index < -0.39 is 17.9 Å². The van der Waals surface area contributed by atoms with Crippen LogP contribution in [-0.4, -0.2) is 30.9 Å². The molecular formula is C15H17N3O4. The van der Waals surface area contributed by atoms with Gasteiger partial charge in [0.25, 0.3) is 5.91 Å². The number of hydrogen-bond acceptors (Lipinski definition) is 5. The molecular weight excluding hydrogens is 286 g/mol. The van der Waals surface area contributed by atoms with Crippen LogP contribution in [0.25, 0.3) is 0 Å². The molecule has 1 aromatic rings. The maximum atomic E-state index is 12.3. The Labute approximate surface area is 128 Å². The number of para-hydroxylation sites is 1. The number of benzene rings is 1. The normalized spacial score (nSPS) is 11.0. The summed E-state index contributed by atoms with van der Waals surface area (Å²) >= 11 is 0. The molecule has 2 N–H and O–H groups in total. The fraction of sp³-hybridized carbons (Fsp3) is 0.333. The number of amides is 2. The maximum Gasteiger partial charge on any atom is 0.328 e. The largest absolute Gasteiger partial charge is 0.467 e. The summed E-state index contributed by atoms with van der Waals surface area (Å²) in [5, 5.41) is 13.7. The van der Waals surface area contributed by atoms with E-state index in [0.29, 0.717) is 5.69 Å². The van der Waals surface area contributed by atoms with E-state index in [1.807, 2.05) is 6.07 Å². The van der Waals surface area contributed by atoms with Crippen LogP contribution in [0.1, 0.15) is 30.1 Å². The van der Waals surface area contributed by atoms with Crippen LogP contribution in [0.5, 0.6) is 0 Å². The minimum atomic E-state index is -0.914. The van der Waals surface area contributed by atoms with Crippen molar-refractivity contribution < 1.29 is 19.1 Å². The molecule has 2 amide bonds. The molecule has 1 rings (SSSR count). The Morgan fingerprint density at radius 3 is 2.59 bits per heavy atom. The number of ether oxygens (including phenoxy) is 1. The average Bonchev–Trinajstić information content (AvgIpc) is 2.50. The molecule has 22 heavy (non-hydrogen) atoms. The minimum absolute atomic E-state index is 0.105. The van der Waals surface area contributed by atoms with Gasteiger partial charge in [0.1, 0.15) is 6.04 Å². The molecule has 0 bridgehead atoms. The summed E-state index contributed by atoms with van der Waals surface area (Å²) < 4.78 is 4.61. The highest BCUT2D eigenvalue weighted by molar-refractivity contribution is 6.04. The Hall–Kier alpha value is -2.88. The average molecular weight is 303 g/mol. The van der Waals surface area contributed by atoms with Crippen molar-refractivity contribution >= 4 is 23.5 Å². The van der Waals surface area contributed by atoms with E-state index in [0.717, 1.165) is 0 Å². The van der Waals surface area contributed by atoms with Crippen LogP contribution in [0.4, 0.5) is 5.69 Å². The number of hydrogen-bond donors (Lipinski definition) is 2. The predicted octanol–water partition coefficient (Wildman–Crippen LogP) is 1.22. The SMILES string of the molecule is COC(=O)[C@H](CCC#N)NC(=O)c1ccccc1NC(C)=O. The van der Waals surface area contributed by atoms with Crippen molar-refractivity contribution in [2.24, 2.45) is 0 Å². The molecule has 0 heterocycles. The van der Waals surface area contributed by atoms with E-state index in [9.17, 15) is 14.4 Å². The number of carbonyl (C=O) groups is 3. The number of nitrogens with one attached hydrogen (secondary N) is 2. The van der Waals surface area contributed by atoms with Gasteiger partial charge in [-0.25, -0.2) is 4.79 Å². The molecule has 0 aromatic heterocycles. The van der Waals surface area contributed by atoms with Gasteiger partial charge in [0, 0.05) is 13.3 Å². The molecule has 1 atom stereocenters. The summed E-state index contributed by atoms with van der Waals surface area (Å²) in [4.78, 5) is 35.1. The monoisotopic (exact) mass is 303 g/mol. The zero-order valence-corrected chi connectivity index (χ0v) is 12.4. The van der Waals surface area contributed by atoms with Crippen LogP contribution < -0.4 is 10.6 Å². The number of methoxy groups -OCH3 is 1. The van der Waals surface area contributed by atoms with Gasteiger partial charge in [-0.2, -0.15) is 5.26 Å². The van der Waals surface area contributed by atoms with E-state index in [-0.39, 0.29) is 24.3 Å². The third kappa shape index (κ3) is 4.90. The molecule has 0 unspecified atom stereocenters. The van der Waals surface area contributed by atoms with Gasteiger partial charge < -0.3 is 15.4 Å². The Kier molecular flexibility index (Phi) is 6.57. The molecule has 0 aliphatic carbocycles. The maximum absolute atomic E-state index is 12.3. The van der Waals surface area contributed by atoms with E-state index in [2.05, 4.69) is 15.4 Å². The second-order valence-electron chi connectivity index (χ2n) is 4.47. The standard InChI is InChI=1S/C15H17N3O4/c1-10(19)17-12-7-4-3-6-11(12)14(20)18-13(8-5-9-16)15(21)22-2/h3-4,6-7,13H,5,8H2,1-2H3,(H,17,19)(H,18,20)/t13-/m0/s1. The Bertz CT molecular complexity index is 607. The van der Waals surface area contributed by atoms with E-state index in [1.54, 1.807) is 18.2 Å². The smallest absolute Gasteiger partial charge is 0.328 e. The summed E-state index contributed by atoms with van der Waals surface area (Å²) in [6, 6.07) is 7.42. The Morgan fingerprint density at radius 1 is 1.32 bits per heavy atom. The second kappa shape index (κ2) is 8.42. The zero-order valence-electron chi connectivity index (χ0n) is 12.4. The third-order valence-corrected chi connectivity index (χ3v) is 2.82. The first-order chi connectivity index (χ1) is 10.5. The van der Waals surface area contributed by atoms with Crippen LogP contribution in [-0.2, 0) is 14.3 Å². The fourth-order valence-electron chi connectivity index (χ4n) is 1.82. The first-order valence-electron chi connectivity index (χ1n) is 6.61. The highest BCUT2D eigenvalue weighted by atomic mass is 16.5. The van der Waals surface area contributed by atoms with Crippen molar-refractivity contribution in [2.75, 3.05) is 12.4 Å². The number of anilines is 1. The molecule has 1 aromatic carbocycles. The van der Waals surface area contributed by atoms with Crippen molar-refractivity contribution in [1.29, 1.82) is 5.26 Å². The quantitative estimate of drug-likeness (QED) is 0.768. The lowest BCUT2D eigenvalue weighted by Crippen LogP contribution is -2.41. The van der Waals surface area contributed by atoms with Gasteiger partial charge in [0.05, 0.1) is 24.4 Å². The van der Waals surface area contributed by atoms with Gasteiger partial charge in [-0.05, 0) is 18.6 Å². The lowest BCUT2D eigenvalue weighted by atomic mass is 10.1. The second-order valence-corrected chi connectivity index (χ2v) is 4.47. The number of carbonyl (C=O) groups excluding carboxylic acids is 3. The highest BCUT2D eigenvalue weighted by Gasteiger charge is 2.23. The highest BCUT2D eigenvalue weighted by Crippen LogP contribution is 2.15. The molecule has 0 aliphatic rings. The van der Waals surface area contributed by atoms with Crippen LogP contribution >= 0.6 is 0 Å². The van der Waals surface area contributed by atoms with Crippen LogP contribution in [0.15, 0.2) is 24.3 Å². The predicted molar refractivity (Wildman–Crippen MR) is 78.9 cm³/mol. The fourth-order valence-corrected chi connectivity index (χ4v) is 1.82. The van der Waals surface area contributed by atoms with Crippen LogP contribution in [0.2, 0.25) is 0 Å². The molecule has 0 saturated carbocycles. The van der Waals surface area contributed by atoms with Crippen LogP contribution in [0.3, 0.4) is 0 Å². The summed E-state index contributed by atoms with van der Waals surface area (Å²) in [5.41, 5.74) is 0.569. The van der Waals surface area contributed by atoms with Gasteiger partial charge in [-0.15, -0.1) is 0 Å². The summed E-state index contributed by atoms with van der Waals surface area (Å²) in [7, 11) is 1.21. The number of esters is 1.